The molecule has 1 aromatic carbocycles. The standard InChI is InChI=1S/C22H18N4OS/c27-21(25-14-17-5-9-23-10-6-17)13-16-1-3-18(4-2-16)20-15-28-22(26-20)19-7-11-24-12-8-19/h1-12,15H,13-14H2,(H,25,27). The minimum absolute atomic E-state index is 0.00167. The Morgan fingerprint density at radius 2 is 1.50 bits per heavy atom. The van der Waals surface area contributed by atoms with Gasteiger partial charge < -0.3 is 5.32 Å². The van der Waals surface area contributed by atoms with Crippen molar-refractivity contribution in [3.05, 3.63) is 89.8 Å². The van der Waals surface area contributed by atoms with Crippen LogP contribution in [0.2, 0.25) is 0 Å². The van der Waals surface area contributed by atoms with E-state index >= 15 is 0 Å². The molecule has 0 bridgehead atoms. The number of hydrogen-bond acceptors (Lipinski definition) is 5. The molecule has 1 amide bonds. The molecule has 5 nitrogen and oxygen atoms in total. The molecule has 0 fully saturated rings. The van der Waals surface area contributed by atoms with Gasteiger partial charge in [-0.2, -0.15) is 0 Å². The Kier molecular flexibility index (Phi) is 5.49. The fourth-order valence-electron chi connectivity index (χ4n) is 2.78. The molecule has 138 valence electrons. The van der Waals surface area contributed by atoms with Crippen LogP contribution in [0.5, 0.6) is 0 Å². The van der Waals surface area contributed by atoms with E-state index in [1.807, 2.05) is 53.9 Å². The first-order chi connectivity index (χ1) is 13.8. The van der Waals surface area contributed by atoms with Crippen LogP contribution in [0.1, 0.15) is 11.1 Å². The summed E-state index contributed by atoms with van der Waals surface area (Å²) in [6.07, 6.45) is 7.33. The van der Waals surface area contributed by atoms with Crippen LogP contribution in [0.3, 0.4) is 0 Å². The molecule has 0 spiro atoms. The van der Waals surface area contributed by atoms with Crippen LogP contribution in [-0.2, 0) is 17.8 Å². The molecule has 0 aliphatic heterocycles. The average Bonchev–Trinajstić information content (AvgIpc) is 3.25. The predicted octanol–water partition coefficient (Wildman–Crippen LogP) is 4.13. The van der Waals surface area contributed by atoms with Crippen molar-refractivity contribution in [3.63, 3.8) is 0 Å². The molecule has 0 aliphatic rings. The molecule has 0 aliphatic carbocycles. The Bertz CT molecular complexity index is 1050. The number of thiazole rings is 1. The second-order valence-corrected chi connectivity index (χ2v) is 7.14. The fourth-order valence-corrected chi connectivity index (χ4v) is 3.61. The zero-order chi connectivity index (χ0) is 19.2. The normalized spacial score (nSPS) is 10.6. The highest BCUT2D eigenvalue weighted by Crippen LogP contribution is 2.28. The van der Waals surface area contributed by atoms with Gasteiger partial charge in [-0.3, -0.25) is 14.8 Å². The number of benzene rings is 1. The lowest BCUT2D eigenvalue weighted by Gasteiger charge is -2.06. The van der Waals surface area contributed by atoms with Gasteiger partial charge in [0, 0.05) is 47.8 Å². The third-order valence-corrected chi connectivity index (χ3v) is 5.18. The van der Waals surface area contributed by atoms with Crippen molar-refractivity contribution in [3.8, 4) is 21.8 Å². The summed E-state index contributed by atoms with van der Waals surface area (Å²) in [5.74, 6) is -0.00167. The maximum Gasteiger partial charge on any atom is 0.224 e. The van der Waals surface area contributed by atoms with Crippen LogP contribution < -0.4 is 5.32 Å². The molecule has 3 heterocycles. The number of hydrogen-bond donors (Lipinski definition) is 1. The Hall–Kier alpha value is -3.38. The molecule has 4 aromatic rings. The second-order valence-electron chi connectivity index (χ2n) is 6.28. The zero-order valence-electron chi connectivity index (χ0n) is 15.1. The van der Waals surface area contributed by atoms with Gasteiger partial charge in [0.15, 0.2) is 0 Å². The predicted molar refractivity (Wildman–Crippen MR) is 111 cm³/mol. The Balaban J connectivity index is 1.37. The summed E-state index contributed by atoms with van der Waals surface area (Å²) < 4.78 is 0. The van der Waals surface area contributed by atoms with Gasteiger partial charge >= 0.3 is 0 Å². The van der Waals surface area contributed by atoms with E-state index in [1.54, 1.807) is 36.1 Å². The van der Waals surface area contributed by atoms with E-state index in [0.29, 0.717) is 13.0 Å². The van der Waals surface area contributed by atoms with Gasteiger partial charge in [0.2, 0.25) is 5.91 Å². The van der Waals surface area contributed by atoms with Gasteiger partial charge in [-0.1, -0.05) is 24.3 Å². The van der Waals surface area contributed by atoms with Crippen LogP contribution >= 0.6 is 11.3 Å². The Morgan fingerprint density at radius 1 is 0.821 bits per heavy atom. The summed E-state index contributed by atoms with van der Waals surface area (Å²) >= 11 is 1.61. The molecule has 0 saturated heterocycles. The highest BCUT2D eigenvalue weighted by Gasteiger charge is 2.08. The summed E-state index contributed by atoms with van der Waals surface area (Å²) in [5.41, 5.74) is 5.05. The van der Waals surface area contributed by atoms with Crippen LogP contribution in [0.25, 0.3) is 21.8 Å². The molecule has 4 rings (SSSR count). The maximum absolute atomic E-state index is 12.2. The van der Waals surface area contributed by atoms with Crippen molar-refractivity contribution in [2.24, 2.45) is 0 Å². The topological polar surface area (TPSA) is 67.8 Å². The van der Waals surface area contributed by atoms with Crippen LogP contribution in [-0.4, -0.2) is 20.9 Å². The first kappa shape index (κ1) is 18.0. The van der Waals surface area contributed by atoms with E-state index in [4.69, 9.17) is 4.98 Å². The number of nitrogens with zero attached hydrogens (tertiary/aromatic N) is 3. The number of nitrogens with one attached hydrogen (secondary N) is 1. The highest BCUT2D eigenvalue weighted by molar-refractivity contribution is 7.13. The number of rotatable bonds is 6. The largest absolute Gasteiger partial charge is 0.352 e. The minimum atomic E-state index is -0.00167. The number of amides is 1. The van der Waals surface area contributed by atoms with Crippen LogP contribution in [0.15, 0.2) is 78.7 Å². The summed E-state index contributed by atoms with van der Waals surface area (Å²) in [7, 11) is 0. The molecule has 0 unspecified atom stereocenters. The third kappa shape index (κ3) is 4.47. The van der Waals surface area contributed by atoms with E-state index < -0.39 is 0 Å². The Labute approximate surface area is 167 Å². The second kappa shape index (κ2) is 8.54. The fraction of sp³-hybridized carbons (Fsp3) is 0.0909. The van der Waals surface area contributed by atoms with Gasteiger partial charge in [-0.05, 0) is 35.4 Å². The number of carbonyl (C=O) groups is 1. The molecule has 3 aromatic heterocycles. The van der Waals surface area contributed by atoms with Gasteiger partial charge in [-0.15, -0.1) is 11.3 Å². The monoisotopic (exact) mass is 386 g/mol. The molecule has 0 saturated carbocycles. The number of carbonyl (C=O) groups excluding carboxylic acids is 1. The maximum atomic E-state index is 12.2. The summed E-state index contributed by atoms with van der Waals surface area (Å²) in [4.78, 5) is 24.9. The zero-order valence-corrected chi connectivity index (χ0v) is 15.9. The van der Waals surface area contributed by atoms with E-state index in [2.05, 4.69) is 15.3 Å². The molecule has 28 heavy (non-hydrogen) atoms. The molecule has 6 heteroatoms. The van der Waals surface area contributed by atoms with Crippen molar-refractivity contribution in [2.75, 3.05) is 0 Å². The summed E-state index contributed by atoms with van der Waals surface area (Å²) in [6.45, 7) is 0.510. The minimum Gasteiger partial charge on any atom is -0.352 e. The lowest BCUT2D eigenvalue weighted by atomic mass is 10.1. The Morgan fingerprint density at radius 3 is 2.21 bits per heavy atom. The van der Waals surface area contributed by atoms with Crippen LogP contribution in [0.4, 0.5) is 0 Å². The molecule has 0 atom stereocenters. The smallest absolute Gasteiger partial charge is 0.224 e. The molecule has 1 N–H and O–H groups in total. The summed E-state index contributed by atoms with van der Waals surface area (Å²) in [5, 5.41) is 5.95. The number of aromatic nitrogens is 3. The van der Waals surface area contributed by atoms with E-state index in [-0.39, 0.29) is 5.91 Å². The summed E-state index contributed by atoms with van der Waals surface area (Å²) in [6, 6.07) is 15.7. The lowest BCUT2D eigenvalue weighted by molar-refractivity contribution is -0.120. The first-order valence-corrected chi connectivity index (χ1v) is 9.77. The van der Waals surface area contributed by atoms with E-state index in [1.165, 1.54) is 0 Å². The quantitative estimate of drug-likeness (QED) is 0.541. The van der Waals surface area contributed by atoms with Gasteiger partial charge in [0.1, 0.15) is 5.01 Å². The number of pyridine rings is 2. The van der Waals surface area contributed by atoms with Crippen molar-refractivity contribution in [1.82, 2.24) is 20.3 Å². The van der Waals surface area contributed by atoms with Gasteiger partial charge in [0.05, 0.1) is 12.1 Å². The van der Waals surface area contributed by atoms with Crippen molar-refractivity contribution < 1.29 is 4.79 Å². The highest BCUT2D eigenvalue weighted by atomic mass is 32.1. The van der Waals surface area contributed by atoms with Crippen molar-refractivity contribution in [2.45, 2.75) is 13.0 Å². The van der Waals surface area contributed by atoms with Crippen molar-refractivity contribution >= 4 is 17.2 Å². The SMILES string of the molecule is O=C(Cc1ccc(-c2csc(-c3ccncc3)n2)cc1)NCc1ccncc1. The molecular formula is C22H18N4OS. The third-order valence-electron chi connectivity index (χ3n) is 4.28. The van der Waals surface area contributed by atoms with E-state index in [9.17, 15) is 4.79 Å². The van der Waals surface area contributed by atoms with Gasteiger partial charge in [0.25, 0.3) is 0 Å². The van der Waals surface area contributed by atoms with Crippen LogP contribution in [0, 0.1) is 0 Å². The van der Waals surface area contributed by atoms with Crippen molar-refractivity contribution in [1.29, 1.82) is 0 Å². The molecular weight excluding hydrogens is 368 g/mol. The van der Waals surface area contributed by atoms with E-state index in [0.717, 1.165) is 33.0 Å². The lowest BCUT2D eigenvalue weighted by Crippen LogP contribution is -2.24. The van der Waals surface area contributed by atoms with Gasteiger partial charge in [-0.25, -0.2) is 4.98 Å². The average molecular weight is 386 g/mol. The first-order valence-electron chi connectivity index (χ1n) is 8.89. The molecule has 0 radical (unpaired) electrons.